The van der Waals surface area contributed by atoms with Gasteiger partial charge in [-0.05, 0) is 26.7 Å². The smallest absolute Gasteiger partial charge is 0.311 e. The predicted molar refractivity (Wildman–Crippen MR) is 96.4 cm³/mol. The third kappa shape index (κ3) is 8.02. The van der Waals surface area contributed by atoms with E-state index in [0.29, 0.717) is 6.42 Å². The molecule has 1 rings (SSSR count). The molecule has 0 aliphatic carbocycles. The van der Waals surface area contributed by atoms with Crippen molar-refractivity contribution in [2.75, 3.05) is 6.61 Å². The van der Waals surface area contributed by atoms with Gasteiger partial charge in [-0.15, -0.1) is 0 Å². The van der Waals surface area contributed by atoms with Crippen LogP contribution in [0.3, 0.4) is 0 Å². The fourth-order valence-corrected chi connectivity index (χ4v) is 3.93. The van der Waals surface area contributed by atoms with Crippen molar-refractivity contribution < 1.29 is 18.5 Å². The van der Waals surface area contributed by atoms with E-state index in [9.17, 15) is 10.1 Å². The number of nitro groups is 1. The second-order valence-electron chi connectivity index (χ2n) is 6.46. The summed E-state index contributed by atoms with van der Waals surface area (Å²) in [6.07, 6.45) is 9.32. The third-order valence-electron chi connectivity index (χ3n) is 4.03. The van der Waals surface area contributed by atoms with Gasteiger partial charge in [-0.25, -0.2) is 0 Å². The fourth-order valence-electron chi connectivity index (χ4n) is 2.70. The molecule has 0 aromatic rings. The lowest BCUT2D eigenvalue weighted by Crippen LogP contribution is -2.31. The molecule has 0 amide bonds. The average molecular weight is 361 g/mol. The molecular formula is C17H32NO5P. The van der Waals surface area contributed by atoms with E-state index in [1.807, 2.05) is 32.9 Å². The fraction of sp³-hybridized carbons (Fsp3) is 0.882. The maximum Gasteiger partial charge on any atom is 0.333 e. The van der Waals surface area contributed by atoms with Crippen LogP contribution in [0.25, 0.3) is 0 Å². The molecule has 0 aromatic heterocycles. The topological polar surface area (TPSA) is 70.8 Å². The molecule has 1 aliphatic rings. The Hall–Kier alpha value is -0.550. The molecule has 1 heterocycles. The van der Waals surface area contributed by atoms with Crippen molar-refractivity contribution in [3.05, 3.63) is 22.3 Å². The van der Waals surface area contributed by atoms with Crippen molar-refractivity contribution >= 4 is 8.60 Å². The van der Waals surface area contributed by atoms with Gasteiger partial charge in [0.25, 0.3) is 0 Å². The Kier molecular flexibility index (Phi) is 10.7. The highest BCUT2D eigenvalue weighted by atomic mass is 31.2. The number of nitrogens with zero attached hydrogens (tertiary/aromatic N) is 1. The number of allylic oxidation sites excluding steroid dienone is 1. The summed E-state index contributed by atoms with van der Waals surface area (Å²) >= 11 is 0. The Morgan fingerprint density at radius 3 is 2.50 bits per heavy atom. The van der Waals surface area contributed by atoms with E-state index < -0.39 is 14.6 Å². The molecular weight excluding hydrogens is 329 g/mol. The van der Waals surface area contributed by atoms with Crippen molar-refractivity contribution in [3.8, 4) is 0 Å². The van der Waals surface area contributed by atoms with Gasteiger partial charge in [-0.2, -0.15) is 0 Å². The standard InChI is InChI=1S/C17H32NO5P/c1-5-7-9-10-16(17(18(19)20)11-8-6-2)13-21-24-22-14(3)12-15(4)23-24/h9-10,14-17H,5-8,11-13H2,1-4H3/b10-9+. The first-order valence-corrected chi connectivity index (χ1v) is 10.1. The van der Waals surface area contributed by atoms with E-state index in [1.165, 1.54) is 0 Å². The van der Waals surface area contributed by atoms with E-state index in [0.717, 1.165) is 32.1 Å². The van der Waals surface area contributed by atoms with Crippen LogP contribution < -0.4 is 0 Å². The van der Waals surface area contributed by atoms with Gasteiger partial charge in [0.1, 0.15) is 0 Å². The molecule has 4 atom stereocenters. The van der Waals surface area contributed by atoms with E-state index in [4.69, 9.17) is 13.6 Å². The van der Waals surface area contributed by atoms with E-state index >= 15 is 0 Å². The van der Waals surface area contributed by atoms with Crippen LogP contribution in [-0.4, -0.2) is 29.8 Å². The lowest BCUT2D eigenvalue weighted by molar-refractivity contribution is -0.531. The molecule has 1 aliphatic heterocycles. The summed E-state index contributed by atoms with van der Waals surface area (Å²) in [5.74, 6) is -0.250. The molecule has 0 radical (unpaired) electrons. The first-order chi connectivity index (χ1) is 11.5. The first kappa shape index (κ1) is 21.5. The molecule has 0 bridgehead atoms. The van der Waals surface area contributed by atoms with Gasteiger partial charge in [0, 0.05) is 17.8 Å². The molecule has 0 saturated carbocycles. The highest BCUT2D eigenvalue weighted by molar-refractivity contribution is 7.41. The number of hydrogen-bond donors (Lipinski definition) is 0. The van der Waals surface area contributed by atoms with Gasteiger partial charge < -0.3 is 13.6 Å². The summed E-state index contributed by atoms with van der Waals surface area (Å²) < 4.78 is 17.2. The number of hydrogen-bond acceptors (Lipinski definition) is 5. The highest BCUT2D eigenvalue weighted by Crippen LogP contribution is 2.47. The third-order valence-corrected chi connectivity index (χ3v) is 5.45. The Balaban J connectivity index is 2.67. The molecule has 140 valence electrons. The Morgan fingerprint density at radius 2 is 1.96 bits per heavy atom. The quantitative estimate of drug-likeness (QED) is 0.217. The lowest BCUT2D eigenvalue weighted by atomic mass is 9.95. The Labute approximate surface area is 147 Å². The minimum Gasteiger partial charge on any atom is -0.311 e. The van der Waals surface area contributed by atoms with Crippen molar-refractivity contribution in [3.63, 3.8) is 0 Å². The summed E-state index contributed by atoms with van der Waals surface area (Å²) in [5.41, 5.74) is 0. The molecule has 24 heavy (non-hydrogen) atoms. The van der Waals surface area contributed by atoms with E-state index in [2.05, 4.69) is 6.92 Å². The summed E-state index contributed by atoms with van der Waals surface area (Å²) in [6, 6.07) is -0.618. The molecule has 1 saturated heterocycles. The zero-order valence-electron chi connectivity index (χ0n) is 15.3. The van der Waals surface area contributed by atoms with Crippen LogP contribution in [0.2, 0.25) is 0 Å². The van der Waals surface area contributed by atoms with Crippen LogP contribution >= 0.6 is 8.60 Å². The minimum atomic E-state index is -1.41. The van der Waals surface area contributed by atoms with E-state index in [1.54, 1.807) is 0 Å². The van der Waals surface area contributed by atoms with Crippen LogP contribution in [0.15, 0.2) is 12.2 Å². The Morgan fingerprint density at radius 1 is 1.29 bits per heavy atom. The predicted octanol–water partition coefficient (Wildman–Crippen LogP) is 5.25. The second-order valence-corrected chi connectivity index (χ2v) is 7.59. The number of rotatable bonds is 11. The highest BCUT2D eigenvalue weighted by Gasteiger charge is 2.33. The summed E-state index contributed by atoms with van der Waals surface area (Å²) in [6.45, 7) is 8.40. The largest absolute Gasteiger partial charge is 0.333 e. The van der Waals surface area contributed by atoms with Crippen LogP contribution in [0.5, 0.6) is 0 Å². The summed E-state index contributed by atoms with van der Waals surface area (Å²) in [7, 11) is -1.41. The van der Waals surface area contributed by atoms with Crippen molar-refractivity contribution in [2.45, 2.75) is 84.5 Å². The molecule has 6 nitrogen and oxygen atoms in total. The summed E-state index contributed by atoms with van der Waals surface area (Å²) in [4.78, 5) is 11.3. The maximum absolute atomic E-state index is 11.5. The van der Waals surface area contributed by atoms with Crippen LogP contribution in [0.1, 0.15) is 66.2 Å². The average Bonchev–Trinajstić information content (AvgIpc) is 2.51. The van der Waals surface area contributed by atoms with Gasteiger partial charge in [-0.1, -0.05) is 38.8 Å². The second kappa shape index (κ2) is 11.9. The van der Waals surface area contributed by atoms with Crippen molar-refractivity contribution in [2.24, 2.45) is 5.92 Å². The van der Waals surface area contributed by atoms with E-state index in [-0.39, 0.29) is 29.7 Å². The molecule has 0 spiro atoms. The number of unbranched alkanes of at least 4 members (excludes halogenated alkanes) is 2. The molecule has 1 fully saturated rings. The van der Waals surface area contributed by atoms with Crippen molar-refractivity contribution in [1.82, 2.24) is 0 Å². The van der Waals surface area contributed by atoms with Crippen molar-refractivity contribution in [1.29, 1.82) is 0 Å². The lowest BCUT2D eigenvalue weighted by Gasteiger charge is -2.31. The van der Waals surface area contributed by atoms with Gasteiger partial charge in [0.15, 0.2) is 0 Å². The molecule has 4 unspecified atom stereocenters. The zero-order valence-corrected chi connectivity index (χ0v) is 16.2. The van der Waals surface area contributed by atoms with Crippen LogP contribution in [0.4, 0.5) is 0 Å². The first-order valence-electron chi connectivity index (χ1n) is 9.04. The molecule has 0 aromatic carbocycles. The molecule has 7 heteroatoms. The summed E-state index contributed by atoms with van der Waals surface area (Å²) in [5, 5.41) is 11.5. The van der Waals surface area contributed by atoms with Gasteiger partial charge in [0.05, 0.1) is 24.7 Å². The van der Waals surface area contributed by atoms with Crippen LogP contribution in [-0.2, 0) is 13.6 Å². The Bertz CT molecular complexity index is 383. The SMILES string of the molecule is CCC/C=C/C(COP1OC(C)CC(C)O1)C(CCCC)[N+](=O)[O-]. The maximum atomic E-state index is 11.5. The van der Waals surface area contributed by atoms with Gasteiger partial charge >= 0.3 is 8.60 Å². The van der Waals surface area contributed by atoms with Gasteiger partial charge in [-0.3, -0.25) is 10.1 Å². The normalized spacial score (nSPS) is 27.2. The monoisotopic (exact) mass is 361 g/mol. The van der Waals surface area contributed by atoms with Gasteiger partial charge in [0.2, 0.25) is 6.04 Å². The zero-order chi connectivity index (χ0) is 17.9. The van der Waals surface area contributed by atoms with Crippen LogP contribution in [0, 0.1) is 16.0 Å². The minimum absolute atomic E-state index is 0.0975. The molecule has 0 N–H and O–H groups in total.